The quantitative estimate of drug-likeness (QED) is 0.114. The van der Waals surface area contributed by atoms with Crippen molar-refractivity contribution < 1.29 is 36.2 Å². The summed E-state index contributed by atoms with van der Waals surface area (Å²) in [6.45, 7) is 7.35. The van der Waals surface area contributed by atoms with Crippen LogP contribution in [0.25, 0.3) is 22.4 Å². The van der Waals surface area contributed by atoms with Crippen molar-refractivity contribution in [2.24, 2.45) is 0 Å². The molecule has 58 heavy (non-hydrogen) atoms. The van der Waals surface area contributed by atoms with E-state index < -0.39 is 34.8 Å². The zero-order valence-electron chi connectivity index (χ0n) is 33.2. The summed E-state index contributed by atoms with van der Waals surface area (Å²) < 4.78 is 82.9. The third-order valence-electron chi connectivity index (χ3n) is 11.9. The van der Waals surface area contributed by atoms with Crippen molar-refractivity contribution >= 4 is 22.5 Å². The first-order valence-corrected chi connectivity index (χ1v) is 19.5. The topological polar surface area (TPSA) is 106 Å². The number of aromatic nitrogens is 3. The van der Waals surface area contributed by atoms with Gasteiger partial charge in [-0.2, -0.15) is 23.1 Å². The Balaban J connectivity index is 1.26. The maximum absolute atomic E-state index is 15.1. The Bertz CT molecular complexity index is 2320. The number of fused-ring (bicyclic) bond motifs is 2. The highest BCUT2D eigenvalue weighted by atomic mass is 19.4. The molecule has 0 spiro atoms. The van der Waals surface area contributed by atoms with E-state index in [-0.39, 0.29) is 71.2 Å². The number of pyridine rings is 1. The third-order valence-corrected chi connectivity index (χ3v) is 11.9. The number of ether oxygens (including phenoxy) is 3. The average molecular weight is 803 g/mol. The van der Waals surface area contributed by atoms with Gasteiger partial charge in [-0.1, -0.05) is 24.3 Å². The molecule has 3 atom stereocenters. The van der Waals surface area contributed by atoms with E-state index in [2.05, 4.69) is 19.9 Å². The summed E-state index contributed by atoms with van der Waals surface area (Å²) >= 11 is 0. The Hall–Kier alpha value is -5.44. The van der Waals surface area contributed by atoms with E-state index >= 15 is 13.2 Å². The van der Waals surface area contributed by atoms with Crippen molar-refractivity contribution in [2.45, 2.75) is 83.5 Å². The monoisotopic (exact) mass is 802 g/mol. The number of benzene rings is 2. The second-order valence-electron chi connectivity index (χ2n) is 15.7. The summed E-state index contributed by atoms with van der Waals surface area (Å²) in [5, 5.41) is 0.0487. The van der Waals surface area contributed by atoms with Crippen LogP contribution >= 0.6 is 0 Å². The SMILES string of the molecule is COc1ccc(CN(Cc2ccc(OC)cc2)c2cc(C)c(C(F)(F)F)c(-c3oc(=O)c4c(N5CC[C@H]5C)nc(OC[C@@]56CCCN5C[C@H](F)C6)nc4c3C)n2)cc1. The van der Waals surface area contributed by atoms with Crippen molar-refractivity contribution in [3.8, 4) is 29.0 Å². The van der Waals surface area contributed by atoms with Gasteiger partial charge in [0.2, 0.25) is 0 Å². The first-order valence-electron chi connectivity index (χ1n) is 19.5. The fourth-order valence-electron chi connectivity index (χ4n) is 8.65. The average Bonchev–Trinajstić information content (AvgIpc) is 3.72. The number of nitrogens with zero attached hydrogens (tertiary/aromatic N) is 6. The molecule has 15 heteroatoms. The molecule has 0 saturated carbocycles. The van der Waals surface area contributed by atoms with Crippen LogP contribution in [0.4, 0.5) is 29.2 Å². The van der Waals surface area contributed by atoms with Gasteiger partial charge in [0.25, 0.3) is 0 Å². The highest BCUT2D eigenvalue weighted by Gasteiger charge is 2.49. The molecule has 2 aromatic carbocycles. The van der Waals surface area contributed by atoms with E-state index in [0.29, 0.717) is 31.0 Å². The molecule has 0 unspecified atom stereocenters. The van der Waals surface area contributed by atoms with Gasteiger partial charge < -0.3 is 28.4 Å². The van der Waals surface area contributed by atoms with E-state index in [1.165, 1.54) is 13.0 Å². The zero-order valence-corrected chi connectivity index (χ0v) is 33.2. The lowest BCUT2D eigenvalue weighted by Gasteiger charge is -2.40. The molecule has 11 nitrogen and oxygen atoms in total. The van der Waals surface area contributed by atoms with Gasteiger partial charge in [0.15, 0.2) is 11.6 Å². The Morgan fingerprint density at radius 3 is 2.17 bits per heavy atom. The maximum Gasteiger partial charge on any atom is 0.418 e. The van der Waals surface area contributed by atoms with E-state index in [1.54, 1.807) is 21.1 Å². The highest BCUT2D eigenvalue weighted by Crippen LogP contribution is 2.44. The minimum atomic E-state index is -4.86. The summed E-state index contributed by atoms with van der Waals surface area (Å²) in [5.74, 6) is 1.49. The second-order valence-corrected chi connectivity index (χ2v) is 15.7. The largest absolute Gasteiger partial charge is 0.497 e. The lowest BCUT2D eigenvalue weighted by molar-refractivity contribution is -0.137. The molecule has 3 aliphatic heterocycles. The standard InChI is InChI=1S/C43H46F4N6O5/c1-25-19-33(51(21-28-7-11-31(55-4)12-8-28)22-29-9-13-32(56-5)14-10-29)48-37(35(25)43(45,46)47)38-27(3)36-34(40(54)58-38)39(53-18-15-26(53)2)50-41(49-36)57-24-42-16-6-17-52(42)23-30(44)20-42/h7-14,19,26,30H,6,15-18,20-24H2,1-5H3/t26-,30-,42+/m1/s1. The number of hydrogen-bond donors (Lipinski definition) is 0. The van der Waals surface area contributed by atoms with Gasteiger partial charge in [-0.15, -0.1) is 0 Å². The lowest BCUT2D eigenvalue weighted by atomic mass is 9.95. The number of aryl methyl sites for hydroxylation is 2. The van der Waals surface area contributed by atoms with E-state index in [1.807, 2.05) is 65.3 Å². The van der Waals surface area contributed by atoms with Crippen LogP contribution < -0.4 is 29.6 Å². The van der Waals surface area contributed by atoms with Crippen LogP contribution in [0.15, 0.2) is 63.8 Å². The summed E-state index contributed by atoms with van der Waals surface area (Å²) in [6.07, 6.45) is -2.96. The predicted molar refractivity (Wildman–Crippen MR) is 212 cm³/mol. The fraction of sp³-hybridized carbons (Fsp3) is 0.442. The minimum Gasteiger partial charge on any atom is -0.497 e. The molecule has 6 heterocycles. The van der Waals surface area contributed by atoms with Gasteiger partial charge >= 0.3 is 17.8 Å². The van der Waals surface area contributed by atoms with Crippen LogP contribution in [-0.4, -0.2) is 78.1 Å². The van der Waals surface area contributed by atoms with Gasteiger partial charge in [0.1, 0.15) is 41.2 Å². The molecule has 8 rings (SSSR count). The van der Waals surface area contributed by atoms with Crippen molar-refractivity contribution in [2.75, 3.05) is 50.3 Å². The summed E-state index contributed by atoms with van der Waals surface area (Å²) in [5.41, 5.74) is -1.05. The van der Waals surface area contributed by atoms with Crippen molar-refractivity contribution in [1.82, 2.24) is 19.9 Å². The molecule has 306 valence electrons. The van der Waals surface area contributed by atoms with Crippen LogP contribution in [0.3, 0.4) is 0 Å². The van der Waals surface area contributed by atoms with Crippen molar-refractivity contribution in [3.05, 3.63) is 92.8 Å². The first-order chi connectivity index (χ1) is 27.8. The zero-order chi connectivity index (χ0) is 40.9. The molecule has 0 amide bonds. The Labute approximate surface area is 333 Å². The van der Waals surface area contributed by atoms with Crippen LogP contribution in [0.1, 0.15) is 60.4 Å². The number of methoxy groups -OCH3 is 2. The van der Waals surface area contributed by atoms with Crippen LogP contribution in [0.2, 0.25) is 0 Å². The molecule has 3 aromatic heterocycles. The van der Waals surface area contributed by atoms with Gasteiger partial charge in [-0.05, 0) is 93.6 Å². The molecule has 3 saturated heterocycles. The second kappa shape index (κ2) is 15.4. The van der Waals surface area contributed by atoms with Gasteiger partial charge in [0.05, 0.1) is 30.8 Å². The van der Waals surface area contributed by atoms with Crippen molar-refractivity contribution in [3.63, 3.8) is 0 Å². The molecular weight excluding hydrogens is 757 g/mol. The van der Waals surface area contributed by atoms with Gasteiger partial charge in [-0.3, -0.25) is 4.90 Å². The predicted octanol–water partition coefficient (Wildman–Crippen LogP) is 8.06. The van der Waals surface area contributed by atoms with Gasteiger partial charge in [-0.25, -0.2) is 14.2 Å². The van der Waals surface area contributed by atoms with Crippen LogP contribution in [0, 0.1) is 13.8 Å². The minimum absolute atomic E-state index is 0.0381. The smallest absolute Gasteiger partial charge is 0.418 e. The number of alkyl halides is 4. The molecule has 0 bridgehead atoms. The normalized spacial score (nSPS) is 20.6. The van der Waals surface area contributed by atoms with E-state index in [9.17, 15) is 9.18 Å². The Kier molecular flexibility index (Phi) is 10.4. The molecule has 0 aliphatic carbocycles. The number of rotatable bonds is 12. The Morgan fingerprint density at radius 2 is 1.60 bits per heavy atom. The number of halogens is 4. The number of hydrogen-bond acceptors (Lipinski definition) is 11. The maximum atomic E-state index is 15.1. The molecule has 5 aromatic rings. The van der Waals surface area contributed by atoms with Crippen LogP contribution in [-0.2, 0) is 19.3 Å². The first kappa shape index (κ1) is 39.4. The molecule has 3 aliphatic rings. The summed E-state index contributed by atoms with van der Waals surface area (Å²) in [4.78, 5) is 34.1. The summed E-state index contributed by atoms with van der Waals surface area (Å²) in [6, 6.07) is 16.2. The Morgan fingerprint density at radius 1 is 0.948 bits per heavy atom. The lowest BCUT2D eigenvalue weighted by Crippen LogP contribution is -2.47. The van der Waals surface area contributed by atoms with Crippen LogP contribution in [0.5, 0.6) is 17.5 Å². The molecule has 3 fully saturated rings. The van der Waals surface area contributed by atoms with E-state index in [0.717, 1.165) is 36.9 Å². The molecule has 0 N–H and O–H groups in total. The fourth-order valence-corrected chi connectivity index (χ4v) is 8.65. The van der Waals surface area contributed by atoms with Crippen molar-refractivity contribution in [1.29, 1.82) is 0 Å². The van der Waals surface area contributed by atoms with E-state index in [4.69, 9.17) is 18.6 Å². The third kappa shape index (κ3) is 7.40. The highest BCUT2D eigenvalue weighted by molar-refractivity contribution is 5.93. The summed E-state index contributed by atoms with van der Waals surface area (Å²) in [7, 11) is 3.14. The molecular formula is C43H46F4N6O5. The van der Waals surface area contributed by atoms with Gasteiger partial charge in [0, 0.05) is 44.2 Å². The molecule has 0 radical (unpaired) electrons. The number of anilines is 2.